The zero-order chi connectivity index (χ0) is 19.7. The van der Waals surface area contributed by atoms with Crippen molar-refractivity contribution < 1.29 is 9.90 Å². The van der Waals surface area contributed by atoms with Crippen LogP contribution < -0.4 is 0 Å². The number of aliphatic hydroxyl groups is 1. The van der Waals surface area contributed by atoms with Crippen LogP contribution in [0.15, 0.2) is 42.6 Å². The fraction of sp³-hybridized carbons (Fsp3) is 0.381. The number of amides is 1. The van der Waals surface area contributed by atoms with Gasteiger partial charge >= 0.3 is 0 Å². The summed E-state index contributed by atoms with van der Waals surface area (Å²) in [6, 6.07) is 12.2. The number of aliphatic hydroxyl groups excluding tert-OH is 1. The number of nitrogens with zero attached hydrogens (tertiary/aromatic N) is 5. The van der Waals surface area contributed by atoms with Crippen molar-refractivity contribution in [1.82, 2.24) is 24.6 Å². The van der Waals surface area contributed by atoms with Gasteiger partial charge in [-0.15, -0.1) is 0 Å². The third-order valence-electron chi connectivity index (χ3n) is 5.24. The zero-order valence-electron chi connectivity index (χ0n) is 16.2. The second-order valence-electron chi connectivity index (χ2n) is 7.49. The Morgan fingerprint density at radius 2 is 2.07 bits per heavy atom. The van der Waals surface area contributed by atoms with Crippen LogP contribution in [0, 0.1) is 0 Å². The number of aromatic nitrogens is 3. The molecule has 0 fully saturated rings. The van der Waals surface area contributed by atoms with Crippen LogP contribution in [0.5, 0.6) is 0 Å². The zero-order valence-corrected chi connectivity index (χ0v) is 16.2. The molecule has 0 radical (unpaired) electrons. The van der Waals surface area contributed by atoms with Gasteiger partial charge in [-0.25, -0.2) is 0 Å². The highest BCUT2D eigenvalue weighted by Gasteiger charge is 2.23. The Morgan fingerprint density at radius 3 is 2.89 bits per heavy atom. The standard InChI is InChI=1S/C21H25N5O2/c1-24(2)21(28)12-20(27)19-11-16-14-25(9-10-26(16)23-19)13-15-7-8-22-18-6-4-3-5-17(15)18/h3-8,11,20,27H,9-10,12-14H2,1-2H3/t20-/m1/s1. The molecule has 1 atom stereocenters. The molecule has 0 unspecified atom stereocenters. The molecule has 3 heterocycles. The molecule has 0 saturated heterocycles. The number of fused-ring (bicyclic) bond motifs is 2. The average molecular weight is 379 g/mol. The SMILES string of the molecule is CN(C)C(=O)C[C@@H](O)c1cc2n(n1)CCN(Cc1ccnc3ccccc13)C2. The van der Waals surface area contributed by atoms with Gasteiger partial charge in [0.1, 0.15) is 6.10 Å². The third kappa shape index (κ3) is 3.76. The molecule has 1 amide bonds. The average Bonchev–Trinajstić information content (AvgIpc) is 3.12. The normalized spacial score (nSPS) is 15.4. The first kappa shape index (κ1) is 18.6. The predicted molar refractivity (Wildman–Crippen MR) is 106 cm³/mol. The molecule has 4 rings (SSSR count). The summed E-state index contributed by atoms with van der Waals surface area (Å²) in [5, 5.41) is 16.1. The molecule has 7 nitrogen and oxygen atoms in total. The maximum absolute atomic E-state index is 11.9. The monoisotopic (exact) mass is 379 g/mol. The fourth-order valence-corrected chi connectivity index (χ4v) is 3.63. The number of pyridine rings is 1. The highest BCUT2D eigenvalue weighted by molar-refractivity contribution is 5.81. The Morgan fingerprint density at radius 1 is 1.25 bits per heavy atom. The summed E-state index contributed by atoms with van der Waals surface area (Å²) >= 11 is 0. The molecule has 7 heteroatoms. The lowest BCUT2D eigenvalue weighted by Crippen LogP contribution is -2.33. The Bertz CT molecular complexity index is 992. The van der Waals surface area contributed by atoms with Crippen molar-refractivity contribution in [2.45, 2.75) is 32.2 Å². The van der Waals surface area contributed by atoms with E-state index in [1.807, 2.05) is 35.1 Å². The van der Waals surface area contributed by atoms with Crippen molar-refractivity contribution >= 4 is 16.8 Å². The van der Waals surface area contributed by atoms with E-state index in [0.717, 1.165) is 37.4 Å². The van der Waals surface area contributed by atoms with Gasteiger partial charge in [0.15, 0.2) is 0 Å². The molecule has 146 valence electrons. The fourth-order valence-electron chi connectivity index (χ4n) is 3.63. The largest absolute Gasteiger partial charge is 0.386 e. The second kappa shape index (κ2) is 7.69. The van der Waals surface area contributed by atoms with Crippen LogP contribution in [0.25, 0.3) is 10.9 Å². The van der Waals surface area contributed by atoms with E-state index in [1.54, 1.807) is 14.1 Å². The predicted octanol–water partition coefficient (Wildman–Crippen LogP) is 1.96. The van der Waals surface area contributed by atoms with Crippen molar-refractivity contribution in [1.29, 1.82) is 0 Å². The Labute approximate surface area is 164 Å². The molecule has 0 saturated carbocycles. The summed E-state index contributed by atoms with van der Waals surface area (Å²) in [5.41, 5.74) is 3.91. The van der Waals surface area contributed by atoms with E-state index in [-0.39, 0.29) is 12.3 Å². The van der Waals surface area contributed by atoms with E-state index >= 15 is 0 Å². The van der Waals surface area contributed by atoms with Gasteiger partial charge in [0.05, 0.1) is 29.9 Å². The van der Waals surface area contributed by atoms with Gasteiger partial charge in [-0.1, -0.05) is 18.2 Å². The van der Waals surface area contributed by atoms with Crippen LogP contribution in [0.4, 0.5) is 0 Å². The second-order valence-corrected chi connectivity index (χ2v) is 7.49. The van der Waals surface area contributed by atoms with Gasteiger partial charge in [-0.2, -0.15) is 5.10 Å². The number of carbonyl (C=O) groups excluding carboxylic acids is 1. The lowest BCUT2D eigenvalue weighted by atomic mass is 10.1. The summed E-state index contributed by atoms with van der Waals surface area (Å²) in [6.07, 6.45) is 1.05. The topological polar surface area (TPSA) is 74.5 Å². The number of carbonyl (C=O) groups is 1. The molecule has 1 aliphatic heterocycles. The van der Waals surface area contributed by atoms with Crippen molar-refractivity contribution in [3.8, 4) is 0 Å². The summed E-state index contributed by atoms with van der Waals surface area (Å²) < 4.78 is 1.94. The highest BCUT2D eigenvalue weighted by atomic mass is 16.3. The minimum Gasteiger partial charge on any atom is -0.386 e. The third-order valence-corrected chi connectivity index (χ3v) is 5.24. The maximum atomic E-state index is 11.9. The quantitative estimate of drug-likeness (QED) is 0.734. The van der Waals surface area contributed by atoms with Crippen LogP contribution in [-0.2, 0) is 24.4 Å². The van der Waals surface area contributed by atoms with E-state index in [1.165, 1.54) is 15.8 Å². The molecule has 1 aliphatic rings. The number of benzene rings is 1. The highest BCUT2D eigenvalue weighted by Crippen LogP contribution is 2.23. The number of hydrogen-bond donors (Lipinski definition) is 1. The first-order valence-corrected chi connectivity index (χ1v) is 9.51. The number of para-hydroxylation sites is 1. The molecule has 28 heavy (non-hydrogen) atoms. The molecule has 2 aromatic heterocycles. The maximum Gasteiger partial charge on any atom is 0.225 e. The molecule has 0 aliphatic carbocycles. The molecule has 0 spiro atoms. The van der Waals surface area contributed by atoms with Crippen LogP contribution in [0.2, 0.25) is 0 Å². The van der Waals surface area contributed by atoms with Gasteiger partial charge in [0.25, 0.3) is 0 Å². The van der Waals surface area contributed by atoms with Crippen LogP contribution in [0.1, 0.15) is 29.5 Å². The molecule has 1 aromatic carbocycles. The van der Waals surface area contributed by atoms with E-state index in [0.29, 0.717) is 5.69 Å². The lowest BCUT2D eigenvalue weighted by Gasteiger charge is -2.27. The van der Waals surface area contributed by atoms with E-state index in [2.05, 4.69) is 27.1 Å². The molecular formula is C21H25N5O2. The number of rotatable bonds is 5. The first-order valence-electron chi connectivity index (χ1n) is 9.51. The smallest absolute Gasteiger partial charge is 0.225 e. The molecule has 3 aromatic rings. The van der Waals surface area contributed by atoms with Gasteiger partial charge in [0, 0.05) is 45.3 Å². The van der Waals surface area contributed by atoms with Gasteiger partial charge in [-0.05, 0) is 23.8 Å². The molecular weight excluding hydrogens is 354 g/mol. The van der Waals surface area contributed by atoms with Crippen LogP contribution >= 0.6 is 0 Å². The summed E-state index contributed by atoms with van der Waals surface area (Å²) in [4.78, 5) is 20.1. The first-order chi connectivity index (χ1) is 13.5. The van der Waals surface area contributed by atoms with Gasteiger partial charge in [-0.3, -0.25) is 19.4 Å². The molecule has 1 N–H and O–H groups in total. The van der Waals surface area contributed by atoms with Gasteiger partial charge < -0.3 is 10.0 Å². The Hall–Kier alpha value is -2.77. The summed E-state index contributed by atoms with van der Waals surface area (Å²) in [7, 11) is 3.38. The number of hydrogen-bond acceptors (Lipinski definition) is 5. The van der Waals surface area contributed by atoms with E-state index < -0.39 is 6.10 Å². The Kier molecular flexibility index (Phi) is 5.11. The Balaban J connectivity index is 1.48. The van der Waals surface area contributed by atoms with E-state index in [4.69, 9.17) is 0 Å². The van der Waals surface area contributed by atoms with Crippen molar-refractivity contribution in [3.63, 3.8) is 0 Å². The minimum absolute atomic E-state index is 0.0518. The molecule has 0 bridgehead atoms. The lowest BCUT2D eigenvalue weighted by molar-refractivity contribution is -0.130. The van der Waals surface area contributed by atoms with Crippen molar-refractivity contribution in [3.05, 3.63) is 59.5 Å². The van der Waals surface area contributed by atoms with Crippen LogP contribution in [0.3, 0.4) is 0 Å². The van der Waals surface area contributed by atoms with Crippen molar-refractivity contribution in [2.24, 2.45) is 0 Å². The summed E-state index contributed by atoms with van der Waals surface area (Å²) in [6.45, 7) is 3.26. The van der Waals surface area contributed by atoms with Crippen molar-refractivity contribution in [2.75, 3.05) is 20.6 Å². The van der Waals surface area contributed by atoms with E-state index in [9.17, 15) is 9.90 Å². The van der Waals surface area contributed by atoms with Gasteiger partial charge in [0.2, 0.25) is 5.91 Å². The summed E-state index contributed by atoms with van der Waals surface area (Å²) in [5.74, 6) is -0.107. The van der Waals surface area contributed by atoms with Crippen LogP contribution in [-0.4, -0.2) is 56.2 Å². The minimum atomic E-state index is -0.870.